The molecule has 11 heteroatoms. The Kier molecular flexibility index (Phi) is 11.0. The number of nitrogens with one attached hydrogen (secondary N) is 1. The van der Waals surface area contributed by atoms with Gasteiger partial charge in [0, 0.05) is 39.8 Å². The van der Waals surface area contributed by atoms with Crippen LogP contribution >= 0.6 is 0 Å². The van der Waals surface area contributed by atoms with Crippen LogP contribution in [0.3, 0.4) is 0 Å². The number of amides is 2. The molecule has 1 aliphatic carbocycles. The van der Waals surface area contributed by atoms with Crippen molar-refractivity contribution in [1.29, 1.82) is 0 Å². The molecule has 2 heterocycles. The molecule has 0 saturated carbocycles. The molecule has 0 bridgehead atoms. The molecule has 2 amide bonds. The predicted octanol–water partition coefficient (Wildman–Crippen LogP) is 1.88. The van der Waals surface area contributed by atoms with E-state index in [2.05, 4.69) is 22.2 Å². The van der Waals surface area contributed by atoms with Crippen molar-refractivity contribution in [2.45, 2.75) is 83.4 Å². The summed E-state index contributed by atoms with van der Waals surface area (Å²) in [6.45, 7) is 9.44. The van der Waals surface area contributed by atoms with Gasteiger partial charge >= 0.3 is 0 Å². The Morgan fingerprint density at radius 1 is 1.13 bits per heavy atom. The van der Waals surface area contributed by atoms with Gasteiger partial charge in [-0.3, -0.25) is 14.5 Å². The second kappa shape index (κ2) is 13.4. The zero-order valence-electron chi connectivity index (χ0n) is 25.2. The van der Waals surface area contributed by atoms with E-state index in [4.69, 9.17) is 4.74 Å². The molecule has 39 heavy (non-hydrogen) atoms. The normalized spacial score (nSPS) is 28.4. The molecule has 10 nitrogen and oxygen atoms in total. The lowest BCUT2D eigenvalue weighted by Gasteiger charge is -2.43. The van der Waals surface area contributed by atoms with Gasteiger partial charge in [0.1, 0.15) is 0 Å². The van der Waals surface area contributed by atoms with Crippen LogP contribution in [0.5, 0.6) is 0 Å². The molecule has 3 unspecified atom stereocenters. The Bertz CT molecular complexity index is 1010. The Hall–Kier alpha value is -1.53. The minimum Gasteiger partial charge on any atom is -0.378 e. The zero-order valence-corrected chi connectivity index (χ0v) is 26.0. The number of carbonyl (C=O) groups is 2. The lowest BCUT2D eigenvalue weighted by Crippen LogP contribution is -2.54. The Balaban J connectivity index is 1.53. The van der Waals surface area contributed by atoms with Gasteiger partial charge in [-0.15, -0.1) is 0 Å². The summed E-state index contributed by atoms with van der Waals surface area (Å²) in [5.74, 6) is -0.808. The topological polar surface area (TPSA) is 102 Å². The van der Waals surface area contributed by atoms with Gasteiger partial charge in [0.25, 0.3) is 0 Å². The minimum absolute atomic E-state index is 0.121. The first-order valence-corrected chi connectivity index (χ1v) is 15.9. The average molecular weight is 570 g/mol. The summed E-state index contributed by atoms with van der Waals surface area (Å²) in [6, 6.07) is 0.693. The van der Waals surface area contributed by atoms with E-state index < -0.39 is 21.5 Å². The maximum atomic E-state index is 13.5. The Labute approximate surface area is 236 Å². The number of likely N-dealkylation sites (N-methyl/N-ethyl adjacent to an activating group) is 2. The van der Waals surface area contributed by atoms with Crippen LogP contribution in [-0.4, -0.2) is 124 Å². The van der Waals surface area contributed by atoms with Gasteiger partial charge in [-0.1, -0.05) is 12.5 Å². The number of hydrogen-bond acceptors (Lipinski definition) is 7. The van der Waals surface area contributed by atoms with E-state index in [9.17, 15) is 18.0 Å². The van der Waals surface area contributed by atoms with E-state index in [0.717, 1.165) is 68.2 Å². The summed E-state index contributed by atoms with van der Waals surface area (Å²) in [7, 11) is 3.22. The minimum atomic E-state index is -3.84. The molecule has 0 radical (unpaired) electrons. The smallest absolute Gasteiger partial charge is 0.242 e. The first-order valence-electron chi connectivity index (χ1n) is 14.4. The highest BCUT2D eigenvalue weighted by Crippen LogP contribution is 2.39. The molecule has 2 saturated heterocycles. The zero-order chi connectivity index (χ0) is 29.0. The number of sulfonamides is 1. The maximum Gasteiger partial charge on any atom is 0.242 e. The van der Waals surface area contributed by atoms with Crippen molar-refractivity contribution in [3.8, 4) is 0 Å². The molecular formula is C28H51N5O5S. The first-order chi connectivity index (χ1) is 18.3. The van der Waals surface area contributed by atoms with Gasteiger partial charge in [0.15, 0.2) is 0 Å². The molecule has 2 fully saturated rings. The largest absolute Gasteiger partial charge is 0.378 e. The molecule has 1 N–H and O–H groups in total. The third-order valence-corrected chi connectivity index (χ3v) is 11.4. The molecule has 0 spiro atoms. The number of ether oxygens (including phenoxy) is 1. The molecule has 0 aromatic carbocycles. The van der Waals surface area contributed by atoms with E-state index >= 15 is 0 Å². The maximum absolute atomic E-state index is 13.5. The van der Waals surface area contributed by atoms with Gasteiger partial charge in [-0.25, -0.2) is 8.42 Å². The van der Waals surface area contributed by atoms with Crippen LogP contribution in [0.4, 0.5) is 0 Å². The van der Waals surface area contributed by atoms with Crippen molar-refractivity contribution in [1.82, 2.24) is 24.3 Å². The molecule has 224 valence electrons. The summed E-state index contributed by atoms with van der Waals surface area (Å²) in [5.41, 5.74) is 0.371. The van der Waals surface area contributed by atoms with Crippen molar-refractivity contribution in [2.75, 3.05) is 67.5 Å². The number of allylic oxidation sites excluding steroid dienone is 1. The highest BCUT2D eigenvalue weighted by atomic mass is 32.2. The molecule has 3 aliphatic rings. The predicted molar refractivity (Wildman–Crippen MR) is 154 cm³/mol. The number of nitrogens with zero attached hydrogens (tertiary/aromatic N) is 4. The van der Waals surface area contributed by atoms with Crippen LogP contribution in [0.2, 0.25) is 0 Å². The molecule has 0 aromatic heterocycles. The van der Waals surface area contributed by atoms with Crippen LogP contribution in [-0.2, 0) is 24.3 Å². The van der Waals surface area contributed by atoms with E-state index in [-0.39, 0.29) is 31.0 Å². The number of likely N-dealkylation sites (tertiary alicyclic amines) is 2. The van der Waals surface area contributed by atoms with Gasteiger partial charge in [-0.05, 0) is 91.4 Å². The molecule has 2 aliphatic heterocycles. The molecule has 3 atom stereocenters. The first kappa shape index (κ1) is 32.0. The SMILES string of the molecule is COC1(C)CCC(C)C(S(=O)(=O)N(C)CC(=O)NCC(=O)N(C)C2CCCN(C3CCN(C)CC3)C2)=C(C)C1. The number of carbonyl (C=O) groups excluding carboxylic acids is 2. The molecule has 0 aromatic rings. The van der Waals surface area contributed by atoms with Crippen molar-refractivity contribution < 1.29 is 22.7 Å². The fraction of sp³-hybridized carbons (Fsp3) is 0.857. The summed E-state index contributed by atoms with van der Waals surface area (Å²) >= 11 is 0. The number of rotatable bonds is 9. The van der Waals surface area contributed by atoms with Crippen molar-refractivity contribution in [3.63, 3.8) is 0 Å². The van der Waals surface area contributed by atoms with Crippen LogP contribution in [0, 0.1) is 5.92 Å². The van der Waals surface area contributed by atoms with Crippen LogP contribution in [0.1, 0.15) is 65.7 Å². The van der Waals surface area contributed by atoms with Crippen molar-refractivity contribution >= 4 is 21.8 Å². The molecular weight excluding hydrogens is 518 g/mol. The molecule has 3 rings (SSSR count). The highest BCUT2D eigenvalue weighted by Gasteiger charge is 2.37. The number of piperidine rings is 2. The van der Waals surface area contributed by atoms with Crippen LogP contribution in [0.15, 0.2) is 10.5 Å². The highest BCUT2D eigenvalue weighted by molar-refractivity contribution is 7.93. The monoisotopic (exact) mass is 569 g/mol. The summed E-state index contributed by atoms with van der Waals surface area (Å²) in [6.07, 6.45) is 6.31. The van der Waals surface area contributed by atoms with Crippen LogP contribution in [0.25, 0.3) is 0 Å². The van der Waals surface area contributed by atoms with Gasteiger partial charge < -0.3 is 19.9 Å². The fourth-order valence-corrected chi connectivity index (χ4v) is 8.23. The lowest BCUT2D eigenvalue weighted by atomic mass is 9.94. The van der Waals surface area contributed by atoms with Gasteiger partial charge in [-0.2, -0.15) is 4.31 Å². The average Bonchev–Trinajstić information content (AvgIpc) is 3.02. The van der Waals surface area contributed by atoms with Gasteiger partial charge in [0.2, 0.25) is 21.8 Å². The van der Waals surface area contributed by atoms with E-state index in [1.54, 1.807) is 12.0 Å². The van der Waals surface area contributed by atoms with Gasteiger partial charge in [0.05, 0.1) is 23.6 Å². The second-order valence-electron chi connectivity index (χ2n) is 12.3. The fourth-order valence-electron chi connectivity index (χ4n) is 6.46. The summed E-state index contributed by atoms with van der Waals surface area (Å²) in [4.78, 5) is 32.7. The number of methoxy groups -OCH3 is 1. The number of hydrogen-bond donors (Lipinski definition) is 1. The Morgan fingerprint density at radius 2 is 1.79 bits per heavy atom. The van der Waals surface area contributed by atoms with Crippen molar-refractivity contribution in [2.24, 2.45) is 5.92 Å². The second-order valence-corrected chi connectivity index (χ2v) is 14.3. The van der Waals surface area contributed by atoms with E-state index in [1.807, 2.05) is 27.8 Å². The summed E-state index contributed by atoms with van der Waals surface area (Å²) in [5, 5.41) is 2.65. The third-order valence-electron chi connectivity index (χ3n) is 9.17. The van der Waals surface area contributed by atoms with Crippen LogP contribution < -0.4 is 5.32 Å². The third kappa shape index (κ3) is 8.03. The Morgan fingerprint density at radius 3 is 2.44 bits per heavy atom. The summed E-state index contributed by atoms with van der Waals surface area (Å²) < 4.78 is 33.8. The lowest BCUT2D eigenvalue weighted by molar-refractivity contribution is -0.134. The van der Waals surface area contributed by atoms with Crippen molar-refractivity contribution in [3.05, 3.63) is 10.5 Å². The van der Waals surface area contributed by atoms with E-state index in [1.165, 1.54) is 7.05 Å². The van der Waals surface area contributed by atoms with E-state index in [0.29, 0.717) is 23.8 Å². The standard InChI is InChI=1S/C28H51N5O5S/c1-21-10-13-28(3,38-7)17-22(2)27(21)39(36,37)31(5)20-25(34)29-18-26(35)32(6)24-9-8-14-33(19-24)23-11-15-30(4)16-12-23/h21,23-24H,8-20H2,1-7H3,(H,29,34). The quantitative estimate of drug-likeness (QED) is 0.452.